The number of hydrogen-bond acceptors (Lipinski definition) is 2. The van der Waals surface area contributed by atoms with Crippen molar-refractivity contribution in [3.63, 3.8) is 0 Å². The molecule has 0 aliphatic heterocycles. The van der Waals surface area contributed by atoms with Gasteiger partial charge in [-0.25, -0.2) is 26.3 Å². The lowest BCUT2D eigenvalue weighted by Crippen LogP contribution is -2.52. The number of halogens is 6. The molecule has 0 saturated carbocycles. The standard InChI is InChI=1S/C21H17F6NO/c1-11(2)20(26)18(24)16(22)17(23)19(25)21(20,27)12-7-3-5-9-14(12)29-15-10-6-4-8-13(15)28/h3-11H,28H2,1-2H3. The van der Waals surface area contributed by atoms with E-state index in [-0.39, 0.29) is 11.4 Å². The Bertz CT molecular complexity index is 1020. The van der Waals surface area contributed by atoms with Crippen LogP contribution in [0.1, 0.15) is 19.4 Å². The van der Waals surface area contributed by atoms with Gasteiger partial charge in [0.1, 0.15) is 11.5 Å². The van der Waals surface area contributed by atoms with Crippen molar-refractivity contribution in [1.29, 1.82) is 0 Å². The maximum absolute atomic E-state index is 16.1. The SMILES string of the molecule is CC(C)C1(F)C(F)=C(F)C(F)=C(F)C1(F)c1ccccc1Oc1ccccc1N. The number of benzene rings is 2. The zero-order chi connectivity index (χ0) is 21.6. The molecule has 0 fully saturated rings. The Morgan fingerprint density at radius 3 is 1.90 bits per heavy atom. The number of nitrogen functional groups attached to an aromatic ring is 1. The molecule has 1 aliphatic carbocycles. The van der Waals surface area contributed by atoms with E-state index in [4.69, 9.17) is 10.5 Å². The molecule has 0 bridgehead atoms. The summed E-state index contributed by atoms with van der Waals surface area (Å²) in [5, 5.41) is 0. The summed E-state index contributed by atoms with van der Waals surface area (Å²) >= 11 is 0. The lowest BCUT2D eigenvalue weighted by Gasteiger charge is -2.42. The summed E-state index contributed by atoms with van der Waals surface area (Å²) < 4.78 is 94.4. The molecule has 0 saturated heterocycles. The summed E-state index contributed by atoms with van der Waals surface area (Å²) in [6, 6.07) is 10.7. The minimum atomic E-state index is -4.02. The van der Waals surface area contributed by atoms with E-state index < -0.39 is 51.9 Å². The van der Waals surface area contributed by atoms with Crippen molar-refractivity contribution in [3.8, 4) is 11.5 Å². The number of alkyl halides is 2. The highest BCUT2D eigenvalue weighted by atomic mass is 19.2. The molecule has 0 aromatic heterocycles. The molecule has 8 heteroatoms. The molecule has 0 heterocycles. The molecule has 2 atom stereocenters. The van der Waals surface area contributed by atoms with Crippen LogP contribution in [-0.2, 0) is 5.67 Å². The molecule has 1 aliphatic rings. The molecule has 3 rings (SSSR count). The minimum absolute atomic E-state index is 0.0282. The molecule has 2 aromatic carbocycles. The number of ether oxygens (including phenoxy) is 1. The Morgan fingerprint density at radius 1 is 0.793 bits per heavy atom. The van der Waals surface area contributed by atoms with Gasteiger partial charge in [-0.15, -0.1) is 0 Å². The summed E-state index contributed by atoms with van der Waals surface area (Å²) in [7, 11) is 0. The Balaban J connectivity index is 2.28. The van der Waals surface area contributed by atoms with Crippen LogP contribution < -0.4 is 10.5 Å². The highest BCUT2D eigenvalue weighted by molar-refractivity contribution is 5.57. The fourth-order valence-electron chi connectivity index (χ4n) is 3.31. The van der Waals surface area contributed by atoms with Crippen molar-refractivity contribution in [2.75, 3.05) is 5.73 Å². The first-order valence-electron chi connectivity index (χ1n) is 8.68. The van der Waals surface area contributed by atoms with Crippen molar-refractivity contribution in [2.24, 2.45) is 5.92 Å². The Kier molecular flexibility index (Phi) is 5.15. The fourth-order valence-corrected chi connectivity index (χ4v) is 3.31. The van der Waals surface area contributed by atoms with E-state index in [1.54, 1.807) is 12.1 Å². The van der Waals surface area contributed by atoms with Crippen molar-refractivity contribution in [2.45, 2.75) is 25.2 Å². The second-order valence-corrected chi connectivity index (χ2v) is 6.92. The van der Waals surface area contributed by atoms with Gasteiger partial charge in [-0.05, 0) is 24.1 Å². The Hall–Kier alpha value is -2.90. The van der Waals surface area contributed by atoms with Crippen LogP contribution in [0.2, 0.25) is 0 Å². The van der Waals surface area contributed by atoms with Gasteiger partial charge in [0, 0.05) is 5.56 Å². The number of nitrogens with two attached hydrogens (primary N) is 1. The molecule has 0 amide bonds. The average Bonchev–Trinajstić information content (AvgIpc) is 2.71. The van der Waals surface area contributed by atoms with Gasteiger partial charge in [0.2, 0.25) is 11.3 Å². The second kappa shape index (κ2) is 7.17. The number of anilines is 1. The Labute approximate surface area is 163 Å². The summed E-state index contributed by atoms with van der Waals surface area (Å²) in [4.78, 5) is 0. The first kappa shape index (κ1) is 20.8. The molecule has 0 spiro atoms. The zero-order valence-corrected chi connectivity index (χ0v) is 15.4. The monoisotopic (exact) mass is 413 g/mol. The lowest BCUT2D eigenvalue weighted by molar-refractivity contribution is -0.0626. The first-order chi connectivity index (χ1) is 13.6. The first-order valence-corrected chi connectivity index (χ1v) is 8.68. The fraction of sp³-hybridized carbons (Fsp3) is 0.238. The maximum atomic E-state index is 16.1. The van der Waals surface area contributed by atoms with Crippen LogP contribution in [0.15, 0.2) is 71.8 Å². The van der Waals surface area contributed by atoms with Crippen LogP contribution in [0.5, 0.6) is 11.5 Å². The molecular weight excluding hydrogens is 396 g/mol. The van der Waals surface area contributed by atoms with Gasteiger partial charge in [-0.2, -0.15) is 0 Å². The molecule has 2 nitrogen and oxygen atoms in total. The van der Waals surface area contributed by atoms with Gasteiger partial charge in [-0.1, -0.05) is 44.2 Å². The molecule has 2 unspecified atom stereocenters. The second-order valence-electron chi connectivity index (χ2n) is 6.92. The molecule has 154 valence electrons. The third-order valence-corrected chi connectivity index (χ3v) is 4.89. The smallest absolute Gasteiger partial charge is 0.234 e. The summed E-state index contributed by atoms with van der Waals surface area (Å²) in [5.74, 6) is -11.6. The van der Waals surface area contributed by atoms with Crippen molar-refractivity contribution < 1.29 is 31.1 Å². The summed E-state index contributed by atoms with van der Waals surface area (Å²) in [6.07, 6.45) is 0. The van der Waals surface area contributed by atoms with E-state index in [0.717, 1.165) is 26.0 Å². The van der Waals surface area contributed by atoms with Gasteiger partial charge in [0.05, 0.1) is 5.69 Å². The Morgan fingerprint density at radius 2 is 1.31 bits per heavy atom. The summed E-state index contributed by atoms with van der Waals surface area (Å²) in [6.45, 7) is 2.05. The molecule has 2 N–H and O–H groups in total. The zero-order valence-electron chi connectivity index (χ0n) is 15.4. The van der Waals surface area contributed by atoms with Crippen LogP contribution in [0, 0.1) is 5.92 Å². The van der Waals surface area contributed by atoms with Crippen LogP contribution in [0.4, 0.5) is 32.0 Å². The normalized spacial score (nSPS) is 25.0. The number of para-hydroxylation sites is 3. The molecule has 0 radical (unpaired) electrons. The predicted molar refractivity (Wildman–Crippen MR) is 97.3 cm³/mol. The highest BCUT2D eigenvalue weighted by Crippen LogP contribution is 2.61. The largest absolute Gasteiger partial charge is 0.455 e. The quantitative estimate of drug-likeness (QED) is 0.437. The average molecular weight is 413 g/mol. The predicted octanol–water partition coefficient (Wildman–Crippen LogP) is 6.91. The van der Waals surface area contributed by atoms with Crippen molar-refractivity contribution in [3.05, 3.63) is 77.4 Å². The van der Waals surface area contributed by atoms with Crippen LogP contribution in [-0.4, -0.2) is 5.67 Å². The minimum Gasteiger partial charge on any atom is -0.455 e. The number of hydrogen-bond donors (Lipinski definition) is 1. The molecule has 29 heavy (non-hydrogen) atoms. The lowest BCUT2D eigenvalue weighted by atomic mass is 9.69. The third-order valence-electron chi connectivity index (χ3n) is 4.89. The molecular formula is C21H17F6NO. The van der Waals surface area contributed by atoms with Gasteiger partial charge < -0.3 is 10.5 Å². The van der Waals surface area contributed by atoms with E-state index >= 15 is 8.78 Å². The van der Waals surface area contributed by atoms with Crippen LogP contribution in [0.25, 0.3) is 0 Å². The number of allylic oxidation sites excluding steroid dienone is 4. The number of rotatable bonds is 4. The maximum Gasteiger partial charge on any atom is 0.234 e. The van der Waals surface area contributed by atoms with E-state index in [1.165, 1.54) is 24.3 Å². The van der Waals surface area contributed by atoms with Gasteiger partial charge in [0.15, 0.2) is 23.3 Å². The topological polar surface area (TPSA) is 35.2 Å². The van der Waals surface area contributed by atoms with Crippen LogP contribution in [0.3, 0.4) is 0 Å². The molecule has 2 aromatic rings. The van der Waals surface area contributed by atoms with Crippen molar-refractivity contribution in [1.82, 2.24) is 0 Å². The van der Waals surface area contributed by atoms with Crippen LogP contribution >= 0.6 is 0 Å². The van der Waals surface area contributed by atoms with Gasteiger partial charge in [0.25, 0.3) is 0 Å². The van der Waals surface area contributed by atoms with Crippen molar-refractivity contribution >= 4 is 5.69 Å². The van der Waals surface area contributed by atoms with E-state index in [9.17, 15) is 17.6 Å². The van der Waals surface area contributed by atoms with E-state index in [0.29, 0.717) is 0 Å². The third kappa shape index (κ3) is 2.89. The van der Waals surface area contributed by atoms with E-state index in [1.807, 2.05) is 0 Å². The van der Waals surface area contributed by atoms with Gasteiger partial charge in [-0.3, -0.25) is 0 Å². The highest BCUT2D eigenvalue weighted by Gasteiger charge is 2.68. The van der Waals surface area contributed by atoms with E-state index in [2.05, 4.69) is 0 Å². The van der Waals surface area contributed by atoms with Gasteiger partial charge >= 0.3 is 0 Å². The summed E-state index contributed by atoms with van der Waals surface area (Å²) in [5.41, 5.74) is -2.84.